The first-order valence-corrected chi connectivity index (χ1v) is 7.99. The number of carbonyl (C=O) groups is 1. The number of nitro groups is 1. The van der Waals surface area contributed by atoms with Gasteiger partial charge in [-0.3, -0.25) is 10.1 Å². The summed E-state index contributed by atoms with van der Waals surface area (Å²) >= 11 is 0. The van der Waals surface area contributed by atoms with Crippen molar-refractivity contribution in [2.45, 2.75) is 20.5 Å². The van der Waals surface area contributed by atoms with Gasteiger partial charge in [-0.2, -0.15) is 5.10 Å². The summed E-state index contributed by atoms with van der Waals surface area (Å²) in [6, 6.07) is 16.0. The zero-order valence-corrected chi connectivity index (χ0v) is 14.4. The second kappa shape index (κ2) is 7.18. The lowest BCUT2D eigenvalue weighted by Crippen LogP contribution is -2.06. The highest BCUT2D eigenvalue weighted by Gasteiger charge is 2.22. The monoisotopic (exact) mass is 351 g/mol. The standard InChI is InChI=1S/C19H17N3O4/c1-13-18(22(24)25)14(2)21(20-13)17-10-8-16(9-11-17)19(23)26-12-15-6-4-3-5-7-15/h3-11H,12H2,1-2H3. The van der Waals surface area contributed by atoms with Crippen molar-refractivity contribution in [2.75, 3.05) is 0 Å². The van der Waals surface area contributed by atoms with Gasteiger partial charge in [0.15, 0.2) is 0 Å². The molecule has 7 nitrogen and oxygen atoms in total. The lowest BCUT2D eigenvalue weighted by Gasteiger charge is -2.07. The van der Waals surface area contributed by atoms with Crippen LogP contribution in [-0.2, 0) is 11.3 Å². The minimum absolute atomic E-state index is 0.00338. The quantitative estimate of drug-likeness (QED) is 0.397. The molecule has 0 aliphatic heterocycles. The molecule has 132 valence electrons. The summed E-state index contributed by atoms with van der Waals surface area (Å²) in [6.07, 6.45) is 0. The van der Waals surface area contributed by atoms with Crippen molar-refractivity contribution in [3.05, 3.63) is 87.2 Å². The van der Waals surface area contributed by atoms with E-state index >= 15 is 0 Å². The molecule has 0 fully saturated rings. The van der Waals surface area contributed by atoms with E-state index in [2.05, 4.69) is 5.10 Å². The normalized spacial score (nSPS) is 10.5. The van der Waals surface area contributed by atoms with Gasteiger partial charge in [0.05, 0.1) is 16.2 Å². The molecule has 0 N–H and O–H groups in total. The molecule has 0 saturated heterocycles. The fourth-order valence-electron chi connectivity index (χ4n) is 2.70. The lowest BCUT2D eigenvalue weighted by molar-refractivity contribution is -0.386. The molecule has 0 bridgehead atoms. The van der Waals surface area contributed by atoms with Crippen molar-refractivity contribution in [3.63, 3.8) is 0 Å². The predicted molar refractivity (Wildman–Crippen MR) is 95.3 cm³/mol. The van der Waals surface area contributed by atoms with Crippen LogP contribution in [0.5, 0.6) is 0 Å². The van der Waals surface area contributed by atoms with Gasteiger partial charge in [0, 0.05) is 0 Å². The minimum atomic E-state index is -0.441. The summed E-state index contributed by atoms with van der Waals surface area (Å²) in [4.78, 5) is 22.8. The van der Waals surface area contributed by atoms with Gasteiger partial charge >= 0.3 is 11.7 Å². The van der Waals surface area contributed by atoms with E-state index < -0.39 is 10.9 Å². The number of nitrogens with zero attached hydrogens (tertiary/aromatic N) is 3. The van der Waals surface area contributed by atoms with E-state index in [1.54, 1.807) is 38.1 Å². The fourth-order valence-corrected chi connectivity index (χ4v) is 2.70. The highest BCUT2D eigenvalue weighted by atomic mass is 16.6. The highest BCUT2D eigenvalue weighted by Crippen LogP contribution is 2.24. The first kappa shape index (κ1) is 17.3. The van der Waals surface area contributed by atoms with Gasteiger partial charge in [0.2, 0.25) is 0 Å². The van der Waals surface area contributed by atoms with Crippen molar-refractivity contribution < 1.29 is 14.5 Å². The molecule has 1 heterocycles. The summed E-state index contributed by atoms with van der Waals surface area (Å²) in [6.45, 7) is 3.43. The van der Waals surface area contributed by atoms with Gasteiger partial charge in [-0.25, -0.2) is 9.48 Å². The van der Waals surface area contributed by atoms with Gasteiger partial charge in [0.25, 0.3) is 0 Å². The van der Waals surface area contributed by atoms with Crippen molar-refractivity contribution in [3.8, 4) is 5.69 Å². The molecule has 0 radical (unpaired) electrons. The van der Waals surface area contributed by atoms with E-state index in [1.807, 2.05) is 30.3 Å². The van der Waals surface area contributed by atoms with E-state index in [4.69, 9.17) is 4.74 Å². The number of benzene rings is 2. The Morgan fingerprint density at radius 3 is 2.35 bits per heavy atom. The van der Waals surface area contributed by atoms with Crippen molar-refractivity contribution >= 4 is 11.7 Å². The molecular formula is C19H17N3O4. The number of carbonyl (C=O) groups excluding carboxylic acids is 1. The highest BCUT2D eigenvalue weighted by molar-refractivity contribution is 5.89. The van der Waals surface area contributed by atoms with Crippen molar-refractivity contribution in [1.82, 2.24) is 9.78 Å². The molecule has 0 saturated carbocycles. The van der Waals surface area contributed by atoms with E-state index in [0.29, 0.717) is 22.6 Å². The summed E-state index contributed by atoms with van der Waals surface area (Å²) in [5.74, 6) is -0.431. The number of hydrogen-bond donors (Lipinski definition) is 0. The third-order valence-corrected chi connectivity index (χ3v) is 4.00. The van der Waals surface area contributed by atoms with Crippen LogP contribution in [0.3, 0.4) is 0 Å². The number of hydrogen-bond acceptors (Lipinski definition) is 5. The largest absolute Gasteiger partial charge is 0.457 e. The minimum Gasteiger partial charge on any atom is -0.457 e. The molecule has 0 unspecified atom stereocenters. The van der Waals surface area contributed by atoms with Gasteiger partial charge in [-0.05, 0) is 43.7 Å². The number of aryl methyl sites for hydroxylation is 1. The lowest BCUT2D eigenvalue weighted by atomic mass is 10.2. The average molecular weight is 351 g/mol. The first-order chi connectivity index (χ1) is 12.5. The maximum atomic E-state index is 12.1. The van der Waals surface area contributed by atoms with Gasteiger partial charge in [-0.1, -0.05) is 30.3 Å². The van der Waals surface area contributed by atoms with E-state index in [9.17, 15) is 14.9 Å². The molecule has 0 aliphatic rings. The SMILES string of the molecule is Cc1nn(-c2ccc(C(=O)OCc3ccccc3)cc2)c(C)c1[N+](=O)[O-]. The first-order valence-electron chi connectivity index (χ1n) is 7.99. The maximum absolute atomic E-state index is 12.1. The van der Waals surface area contributed by atoms with Gasteiger partial charge < -0.3 is 4.74 Å². The summed E-state index contributed by atoms with van der Waals surface area (Å²) in [5.41, 5.74) is 2.73. The topological polar surface area (TPSA) is 87.3 Å². The van der Waals surface area contributed by atoms with Crippen molar-refractivity contribution in [1.29, 1.82) is 0 Å². The van der Waals surface area contributed by atoms with Crippen LogP contribution >= 0.6 is 0 Å². The molecule has 0 aliphatic carbocycles. The molecule has 0 amide bonds. The second-order valence-electron chi connectivity index (χ2n) is 5.80. The van der Waals surface area contributed by atoms with Crippen LogP contribution in [0.4, 0.5) is 5.69 Å². The Labute approximate surface area is 150 Å². The van der Waals surface area contributed by atoms with Gasteiger partial charge in [0.1, 0.15) is 18.0 Å². The zero-order valence-electron chi connectivity index (χ0n) is 14.4. The molecule has 0 atom stereocenters. The molecule has 0 spiro atoms. The van der Waals surface area contributed by atoms with E-state index in [-0.39, 0.29) is 12.3 Å². The number of ether oxygens (including phenoxy) is 1. The Bertz CT molecular complexity index is 947. The fraction of sp³-hybridized carbons (Fsp3) is 0.158. The Hall–Kier alpha value is -3.48. The van der Waals surface area contributed by atoms with Crippen LogP contribution in [0.2, 0.25) is 0 Å². The van der Waals surface area contributed by atoms with Crippen LogP contribution in [0.15, 0.2) is 54.6 Å². The maximum Gasteiger partial charge on any atom is 0.338 e. The third-order valence-electron chi connectivity index (χ3n) is 4.00. The summed E-state index contributed by atoms with van der Waals surface area (Å²) < 4.78 is 6.78. The zero-order chi connectivity index (χ0) is 18.7. The number of rotatable bonds is 5. The molecular weight excluding hydrogens is 334 g/mol. The number of aromatic nitrogens is 2. The smallest absolute Gasteiger partial charge is 0.338 e. The Kier molecular flexibility index (Phi) is 4.79. The van der Waals surface area contributed by atoms with Crippen molar-refractivity contribution in [2.24, 2.45) is 0 Å². The third kappa shape index (κ3) is 3.46. The Morgan fingerprint density at radius 2 is 1.77 bits per heavy atom. The van der Waals surface area contributed by atoms with Gasteiger partial charge in [-0.15, -0.1) is 0 Å². The Balaban J connectivity index is 1.75. The Morgan fingerprint density at radius 1 is 1.12 bits per heavy atom. The second-order valence-corrected chi connectivity index (χ2v) is 5.80. The predicted octanol–water partition coefficient (Wildman–Crippen LogP) is 3.75. The van der Waals surface area contributed by atoms with E-state index in [1.165, 1.54) is 4.68 Å². The molecule has 2 aromatic carbocycles. The molecule has 7 heteroatoms. The van der Waals surface area contributed by atoms with Crippen LogP contribution in [0.1, 0.15) is 27.3 Å². The molecule has 3 aromatic rings. The average Bonchev–Trinajstić information content (AvgIpc) is 2.95. The van der Waals surface area contributed by atoms with Crippen LogP contribution < -0.4 is 0 Å². The van der Waals surface area contributed by atoms with Crippen LogP contribution in [0, 0.1) is 24.0 Å². The number of esters is 1. The molecule has 3 rings (SSSR count). The summed E-state index contributed by atoms with van der Waals surface area (Å²) in [5, 5.41) is 15.3. The molecule has 1 aromatic heterocycles. The molecule has 26 heavy (non-hydrogen) atoms. The van der Waals surface area contributed by atoms with E-state index in [0.717, 1.165) is 5.56 Å². The van der Waals surface area contributed by atoms with Crippen LogP contribution in [0.25, 0.3) is 5.69 Å². The van der Waals surface area contributed by atoms with Crippen LogP contribution in [-0.4, -0.2) is 20.7 Å². The summed E-state index contributed by atoms with van der Waals surface area (Å²) in [7, 11) is 0.